The summed E-state index contributed by atoms with van der Waals surface area (Å²) >= 11 is 1.92. The normalized spacial score (nSPS) is 17.1. The molecule has 0 unspecified atom stereocenters. The molecule has 0 bridgehead atoms. The molecule has 1 aliphatic rings. The lowest BCUT2D eigenvalue weighted by atomic mass is 9.99. The molecule has 1 fully saturated rings. The first kappa shape index (κ1) is 19.9. The number of nitrogens with one attached hydrogen (secondary N) is 2. The number of aliphatic imine (C=N–C) groups is 1. The molecule has 2 N–H and O–H groups in total. The number of ether oxygens (including phenoxy) is 2. The van der Waals surface area contributed by atoms with Crippen LogP contribution in [0, 0.1) is 0 Å². The summed E-state index contributed by atoms with van der Waals surface area (Å²) in [6.45, 7) is 7.01. The Labute approximate surface area is 156 Å². The summed E-state index contributed by atoms with van der Waals surface area (Å²) in [5.74, 6) is 1.81. The minimum atomic E-state index is 0.219. The second-order valence-corrected chi connectivity index (χ2v) is 7.41. The van der Waals surface area contributed by atoms with Gasteiger partial charge >= 0.3 is 0 Å². The average Bonchev–Trinajstić information content (AvgIpc) is 2.67. The van der Waals surface area contributed by atoms with Crippen molar-refractivity contribution < 1.29 is 9.47 Å². The maximum atomic E-state index is 5.72. The van der Waals surface area contributed by atoms with Gasteiger partial charge in [-0.1, -0.05) is 18.2 Å². The Bertz CT molecular complexity index is 505. The van der Waals surface area contributed by atoms with Gasteiger partial charge in [-0.3, -0.25) is 4.99 Å². The van der Waals surface area contributed by atoms with Crippen LogP contribution in [-0.4, -0.2) is 56.4 Å². The van der Waals surface area contributed by atoms with Crippen molar-refractivity contribution in [1.82, 2.24) is 10.6 Å². The fraction of sp³-hybridized carbons (Fsp3) is 0.632. The summed E-state index contributed by atoms with van der Waals surface area (Å²) in [7, 11) is 0. The molecule has 0 atom stereocenters. The van der Waals surface area contributed by atoms with Crippen molar-refractivity contribution in [1.29, 1.82) is 0 Å². The number of benzene rings is 1. The zero-order valence-electron chi connectivity index (χ0n) is 15.4. The lowest BCUT2D eigenvalue weighted by Gasteiger charge is -2.34. The van der Waals surface area contributed by atoms with E-state index in [9.17, 15) is 0 Å². The van der Waals surface area contributed by atoms with E-state index in [1.54, 1.807) is 0 Å². The third-order valence-corrected chi connectivity index (χ3v) is 5.74. The maximum Gasteiger partial charge on any atom is 0.191 e. The summed E-state index contributed by atoms with van der Waals surface area (Å²) in [6, 6.07) is 9.93. The highest BCUT2D eigenvalue weighted by Gasteiger charge is 2.31. The molecular weight excluding hydrogens is 334 g/mol. The van der Waals surface area contributed by atoms with E-state index in [4.69, 9.17) is 14.5 Å². The summed E-state index contributed by atoms with van der Waals surface area (Å²) in [6.07, 6.45) is 5.26. The van der Waals surface area contributed by atoms with Crippen LogP contribution in [0.2, 0.25) is 0 Å². The number of rotatable bonds is 9. The van der Waals surface area contributed by atoms with E-state index in [1.165, 1.54) is 0 Å². The van der Waals surface area contributed by atoms with Gasteiger partial charge in [-0.05, 0) is 44.6 Å². The maximum absolute atomic E-state index is 5.72. The number of nitrogens with zero attached hydrogens (tertiary/aromatic N) is 1. The van der Waals surface area contributed by atoms with Gasteiger partial charge in [-0.2, -0.15) is 11.8 Å². The fourth-order valence-corrected chi connectivity index (χ4v) is 3.49. The molecule has 140 valence electrons. The van der Waals surface area contributed by atoms with Crippen LogP contribution in [0.1, 0.15) is 26.2 Å². The second kappa shape index (κ2) is 11.3. The molecule has 1 aromatic rings. The third kappa shape index (κ3) is 7.16. The SMILES string of the molecule is CCNC(=NCC1(SC)CCOCC1)NCCCOc1ccccc1. The highest BCUT2D eigenvalue weighted by Crippen LogP contribution is 2.33. The van der Waals surface area contributed by atoms with Gasteiger partial charge in [0.15, 0.2) is 5.96 Å². The van der Waals surface area contributed by atoms with Crippen molar-refractivity contribution >= 4 is 17.7 Å². The van der Waals surface area contributed by atoms with E-state index in [-0.39, 0.29) is 4.75 Å². The van der Waals surface area contributed by atoms with Crippen LogP contribution in [0.3, 0.4) is 0 Å². The van der Waals surface area contributed by atoms with E-state index >= 15 is 0 Å². The molecule has 0 aliphatic carbocycles. The molecule has 25 heavy (non-hydrogen) atoms. The quantitative estimate of drug-likeness (QED) is 0.400. The van der Waals surface area contributed by atoms with Crippen molar-refractivity contribution in [2.75, 3.05) is 45.7 Å². The zero-order valence-corrected chi connectivity index (χ0v) is 16.2. The Morgan fingerprint density at radius 3 is 2.68 bits per heavy atom. The van der Waals surface area contributed by atoms with E-state index < -0.39 is 0 Å². The fourth-order valence-electron chi connectivity index (χ4n) is 2.72. The second-order valence-electron chi connectivity index (χ2n) is 6.14. The highest BCUT2D eigenvalue weighted by atomic mass is 32.2. The molecule has 5 nitrogen and oxygen atoms in total. The van der Waals surface area contributed by atoms with Crippen LogP contribution in [0.25, 0.3) is 0 Å². The molecule has 0 spiro atoms. The lowest BCUT2D eigenvalue weighted by Crippen LogP contribution is -2.41. The molecule has 0 saturated carbocycles. The highest BCUT2D eigenvalue weighted by molar-refractivity contribution is 8.00. The number of para-hydroxylation sites is 1. The molecule has 2 rings (SSSR count). The van der Waals surface area contributed by atoms with Crippen LogP contribution < -0.4 is 15.4 Å². The molecule has 1 aliphatic heterocycles. The molecule has 1 saturated heterocycles. The van der Waals surface area contributed by atoms with Crippen molar-refractivity contribution in [3.63, 3.8) is 0 Å². The minimum Gasteiger partial charge on any atom is -0.494 e. The first-order valence-corrected chi connectivity index (χ1v) is 10.3. The smallest absolute Gasteiger partial charge is 0.191 e. The van der Waals surface area contributed by atoms with Crippen LogP contribution >= 0.6 is 11.8 Å². The molecule has 0 radical (unpaired) electrons. The van der Waals surface area contributed by atoms with Gasteiger partial charge in [0.25, 0.3) is 0 Å². The Hall–Kier alpha value is -1.40. The van der Waals surface area contributed by atoms with Gasteiger partial charge < -0.3 is 20.1 Å². The van der Waals surface area contributed by atoms with E-state index in [0.29, 0.717) is 6.61 Å². The van der Waals surface area contributed by atoms with Gasteiger partial charge in [-0.25, -0.2) is 0 Å². The average molecular weight is 366 g/mol. The minimum absolute atomic E-state index is 0.219. The summed E-state index contributed by atoms with van der Waals surface area (Å²) in [4.78, 5) is 4.81. The largest absolute Gasteiger partial charge is 0.494 e. The van der Waals surface area contributed by atoms with Gasteiger partial charge in [0, 0.05) is 31.1 Å². The van der Waals surface area contributed by atoms with Crippen LogP contribution in [0.5, 0.6) is 5.75 Å². The number of thioether (sulfide) groups is 1. The Kier molecular flexibility index (Phi) is 8.97. The van der Waals surface area contributed by atoms with E-state index in [1.807, 2.05) is 42.1 Å². The zero-order chi connectivity index (χ0) is 17.8. The summed E-state index contributed by atoms with van der Waals surface area (Å²) in [5, 5.41) is 6.74. The predicted molar refractivity (Wildman–Crippen MR) is 107 cm³/mol. The number of guanidine groups is 1. The number of hydrogen-bond donors (Lipinski definition) is 2. The molecule has 6 heteroatoms. The van der Waals surface area contributed by atoms with Gasteiger partial charge in [0.1, 0.15) is 5.75 Å². The molecule has 0 amide bonds. The number of hydrogen-bond acceptors (Lipinski definition) is 4. The van der Waals surface area contributed by atoms with Crippen LogP contribution in [-0.2, 0) is 4.74 Å². The Morgan fingerprint density at radius 1 is 1.24 bits per heavy atom. The Morgan fingerprint density at radius 2 is 2.00 bits per heavy atom. The monoisotopic (exact) mass is 365 g/mol. The first-order valence-electron chi connectivity index (χ1n) is 9.11. The van der Waals surface area contributed by atoms with Crippen molar-refractivity contribution in [3.8, 4) is 5.75 Å². The van der Waals surface area contributed by atoms with Crippen LogP contribution in [0.4, 0.5) is 0 Å². The molecule has 0 aromatic heterocycles. The van der Waals surface area contributed by atoms with Crippen molar-refractivity contribution in [3.05, 3.63) is 30.3 Å². The van der Waals surface area contributed by atoms with Gasteiger partial charge in [0.2, 0.25) is 0 Å². The van der Waals surface area contributed by atoms with Crippen LogP contribution in [0.15, 0.2) is 35.3 Å². The summed E-state index contributed by atoms with van der Waals surface area (Å²) < 4.78 is 11.4. The lowest BCUT2D eigenvalue weighted by molar-refractivity contribution is 0.0794. The van der Waals surface area contributed by atoms with E-state index in [2.05, 4.69) is 23.8 Å². The molecule has 1 heterocycles. The molecule has 1 aromatic carbocycles. The van der Waals surface area contributed by atoms with Gasteiger partial charge in [0.05, 0.1) is 13.2 Å². The van der Waals surface area contributed by atoms with Crippen molar-refractivity contribution in [2.24, 2.45) is 4.99 Å². The van der Waals surface area contributed by atoms with Gasteiger partial charge in [-0.15, -0.1) is 0 Å². The van der Waals surface area contributed by atoms with E-state index in [0.717, 1.165) is 63.8 Å². The third-order valence-electron chi connectivity index (χ3n) is 4.33. The first-order chi connectivity index (χ1) is 12.3. The van der Waals surface area contributed by atoms with Crippen molar-refractivity contribution in [2.45, 2.75) is 30.9 Å². The Balaban J connectivity index is 1.73. The standard InChI is InChI=1S/C19H31N3O2S/c1-3-20-18(22-16-19(25-2)10-14-23-15-11-19)21-12-7-13-24-17-8-5-4-6-9-17/h4-6,8-9H,3,7,10-16H2,1-2H3,(H2,20,21,22). The predicted octanol–water partition coefficient (Wildman–Crippen LogP) is 2.92. The topological polar surface area (TPSA) is 54.9 Å². The summed E-state index contributed by atoms with van der Waals surface area (Å²) in [5.41, 5.74) is 0. The molecular formula is C19H31N3O2S.